The quantitative estimate of drug-likeness (QED) is 0.752. The van der Waals surface area contributed by atoms with Crippen molar-refractivity contribution >= 4 is 18.3 Å². The smallest absolute Gasteiger partial charge is 0.249 e. The summed E-state index contributed by atoms with van der Waals surface area (Å²) in [5, 5.41) is 2.96. The fraction of sp³-hybridized carbons (Fsp3) is 0.632. The highest BCUT2D eigenvalue weighted by atomic mass is 35.5. The number of carbonyl (C=O) groups excluding carboxylic acids is 1. The average Bonchev–Trinajstić information content (AvgIpc) is 3.30. The maximum absolute atomic E-state index is 12.3. The summed E-state index contributed by atoms with van der Waals surface area (Å²) in [6.07, 6.45) is 3.48. The molecule has 0 spiro atoms. The summed E-state index contributed by atoms with van der Waals surface area (Å²) in [7, 11) is 0. The number of halogens is 1. The van der Waals surface area contributed by atoms with Gasteiger partial charge in [0.25, 0.3) is 0 Å². The molecule has 1 aromatic carbocycles. The van der Waals surface area contributed by atoms with E-state index in [0.29, 0.717) is 19.7 Å². The molecule has 0 saturated carbocycles. The van der Waals surface area contributed by atoms with Gasteiger partial charge in [-0.15, -0.1) is 12.4 Å². The number of ether oxygens (including phenoxy) is 3. The van der Waals surface area contributed by atoms with Gasteiger partial charge in [0.05, 0.1) is 12.2 Å². The first-order chi connectivity index (χ1) is 12.2. The minimum absolute atomic E-state index is 0. The molecule has 2 aliphatic heterocycles. The van der Waals surface area contributed by atoms with Crippen LogP contribution < -0.4 is 15.8 Å². The third-order valence-electron chi connectivity index (χ3n) is 4.79. The van der Waals surface area contributed by atoms with Crippen molar-refractivity contribution in [2.45, 2.75) is 57.5 Å². The number of aryl methyl sites for hydroxylation is 1. The maximum atomic E-state index is 12.3. The van der Waals surface area contributed by atoms with Gasteiger partial charge in [-0.25, -0.2) is 0 Å². The van der Waals surface area contributed by atoms with Crippen LogP contribution in [-0.4, -0.2) is 44.0 Å². The van der Waals surface area contributed by atoms with Gasteiger partial charge in [0, 0.05) is 25.3 Å². The lowest BCUT2D eigenvalue weighted by Gasteiger charge is -2.17. The zero-order chi connectivity index (χ0) is 17.6. The van der Waals surface area contributed by atoms with Crippen LogP contribution in [0, 0.1) is 6.92 Å². The van der Waals surface area contributed by atoms with E-state index in [9.17, 15) is 4.79 Å². The largest absolute Gasteiger partial charge is 0.491 e. The second-order valence-corrected chi connectivity index (χ2v) is 6.83. The van der Waals surface area contributed by atoms with Gasteiger partial charge in [0.1, 0.15) is 18.5 Å². The SMILES string of the molecule is Cc1ccc(CNC(=O)[C@@H]2CC[C@H](CN)O2)c(OCC2CCCO2)c1.Cl. The zero-order valence-corrected chi connectivity index (χ0v) is 16.1. The van der Waals surface area contributed by atoms with Crippen LogP contribution in [0.4, 0.5) is 0 Å². The Hall–Kier alpha value is -1.34. The van der Waals surface area contributed by atoms with Crippen LogP contribution in [0.1, 0.15) is 36.8 Å². The summed E-state index contributed by atoms with van der Waals surface area (Å²) in [5.41, 5.74) is 7.69. The van der Waals surface area contributed by atoms with Crippen molar-refractivity contribution in [2.75, 3.05) is 19.8 Å². The summed E-state index contributed by atoms with van der Waals surface area (Å²) in [6, 6.07) is 6.03. The van der Waals surface area contributed by atoms with Crippen LogP contribution in [0.5, 0.6) is 5.75 Å². The molecule has 146 valence electrons. The average molecular weight is 385 g/mol. The van der Waals surface area contributed by atoms with Gasteiger partial charge in [0.2, 0.25) is 5.91 Å². The zero-order valence-electron chi connectivity index (χ0n) is 15.2. The van der Waals surface area contributed by atoms with Crippen molar-refractivity contribution in [2.24, 2.45) is 5.73 Å². The molecule has 2 aliphatic rings. The Labute approximate surface area is 161 Å². The Morgan fingerprint density at radius 1 is 1.31 bits per heavy atom. The van der Waals surface area contributed by atoms with Gasteiger partial charge in [-0.05, 0) is 44.2 Å². The molecular weight excluding hydrogens is 356 g/mol. The van der Waals surface area contributed by atoms with Gasteiger partial charge in [-0.3, -0.25) is 4.79 Å². The highest BCUT2D eigenvalue weighted by Crippen LogP contribution is 2.23. The third-order valence-corrected chi connectivity index (χ3v) is 4.79. The molecule has 0 bridgehead atoms. The molecule has 6 nitrogen and oxygen atoms in total. The first kappa shape index (κ1) is 21.0. The van der Waals surface area contributed by atoms with Crippen LogP contribution in [-0.2, 0) is 20.8 Å². The molecule has 1 unspecified atom stereocenters. The van der Waals surface area contributed by atoms with E-state index in [0.717, 1.165) is 49.2 Å². The minimum atomic E-state index is -0.393. The number of hydrogen-bond acceptors (Lipinski definition) is 5. The van der Waals surface area contributed by atoms with Gasteiger partial charge >= 0.3 is 0 Å². The Balaban J connectivity index is 0.00000243. The van der Waals surface area contributed by atoms with Crippen molar-refractivity contribution < 1.29 is 19.0 Å². The topological polar surface area (TPSA) is 82.8 Å². The van der Waals surface area contributed by atoms with Crippen molar-refractivity contribution in [1.29, 1.82) is 0 Å². The number of carbonyl (C=O) groups is 1. The molecule has 0 aromatic heterocycles. The first-order valence-corrected chi connectivity index (χ1v) is 9.13. The summed E-state index contributed by atoms with van der Waals surface area (Å²) in [6.45, 7) is 4.28. The van der Waals surface area contributed by atoms with Crippen LogP contribution in [0.25, 0.3) is 0 Å². The maximum Gasteiger partial charge on any atom is 0.249 e. The fourth-order valence-electron chi connectivity index (χ4n) is 3.27. The van der Waals surface area contributed by atoms with Gasteiger partial charge in [-0.2, -0.15) is 0 Å². The minimum Gasteiger partial charge on any atom is -0.491 e. The predicted octanol–water partition coefficient (Wildman–Crippen LogP) is 2.10. The van der Waals surface area contributed by atoms with Crippen molar-refractivity contribution in [3.8, 4) is 5.75 Å². The summed E-state index contributed by atoms with van der Waals surface area (Å²) < 4.78 is 17.2. The summed E-state index contributed by atoms with van der Waals surface area (Å²) in [5.74, 6) is 0.726. The summed E-state index contributed by atoms with van der Waals surface area (Å²) in [4.78, 5) is 12.3. The van der Waals surface area contributed by atoms with Gasteiger partial charge in [-0.1, -0.05) is 12.1 Å². The summed E-state index contributed by atoms with van der Waals surface area (Å²) >= 11 is 0. The second-order valence-electron chi connectivity index (χ2n) is 6.83. The molecule has 3 N–H and O–H groups in total. The lowest BCUT2D eigenvalue weighted by Crippen LogP contribution is -2.35. The molecule has 1 amide bonds. The Kier molecular flexibility index (Phi) is 8.15. The highest BCUT2D eigenvalue weighted by Gasteiger charge is 2.29. The molecule has 3 rings (SSSR count). The normalized spacial score (nSPS) is 24.9. The van der Waals surface area contributed by atoms with E-state index in [2.05, 4.69) is 5.32 Å². The van der Waals surface area contributed by atoms with E-state index in [-0.39, 0.29) is 30.5 Å². The molecule has 26 heavy (non-hydrogen) atoms. The van der Waals surface area contributed by atoms with Crippen molar-refractivity contribution in [3.05, 3.63) is 29.3 Å². The van der Waals surface area contributed by atoms with E-state index in [4.69, 9.17) is 19.9 Å². The first-order valence-electron chi connectivity index (χ1n) is 9.13. The molecule has 1 aromatic rings. The van der Waals surface area contributed by atoms with E-state index in [1.165, 1.54) is 0 Å². The van der Waals surface area contributed by atoms with E-state index in [1.807, 2.05) is 25.1 Å². The number of rotatable bonds is 7. The lowest BCUT2D eigenvalue weighted by atomic mass is 10.1. The highest BCUT2D eigenvalue weighted by molar-refractivity contribution is 5.85. The molecule has 2 fully saturated rings. The van der Waals surface area contributed by atoms with Gasteiger partial charge in [0.15, 0.2) is 0 Å². The Morgan fingerprint density at radius 3 is 2.85 bits per heavy atom. The van der Waals surface area contributed by atoms with Crippen LogP contribution in [0.15, 0.2) is 18.2 Å². The molecule has 2 heterocycles. The van der Waals surface area contributed by atoms with Crippen molar-refractivity contribution in [3.63, 3.8) is 0 Å². The van der Waals surface area contributed by atoms with E-state index < -0.39 is 6.10 Å². The number of amides is 1. The molecule has 2 saturated heterocycles. The predicted molar refractivity (Wildman–Crippen MR) is 102 cm³/mol. The number of nitrogens with two attached hydrogens (primary N) is 1. The van der Waals surface area contributed by atoms with Crippen molar-refractivity contribution in [1.82, 2.24) is 5.32 Å². The molecule has 3 atom stereocenters. The molecular formula is C19H29ClN2O4. The standard InChI is InChI=1S/C19H28N2O4.ClH/c1-13-4-5-14(18(9-13)24-12-16-3-2-8-23-16)11-21-19(22)17-7-6-15(10-20)25-17;/h4-5,9,15-17H,2-3,6-8,10-12,20H2,1H3,(H,21,22);1H/t15-,16?,17+;/m1./s1. The molecule has 0 aliphatic carbocycles. The molecule has 0 radical (unpaired) electrons. The van der Waals surface area contributed by atoms with Crippen LogP contribution in [0.2, 0.25) is 0 Å². The Bertz CT molecular complexity index is 593. The fourth-order valence-corrected chi connectivity index (χ4v) is 3.27. The number of benzene rings is 1. The molecule has 7 heteroatoms. The third kappa shape index (κ3) is 5.58. The van der Waals surface area contributed by atoms with Gasteiger partial charge < -0.3 is 25.3 Å². The van der Waals surface area contributed by atoms with Crippen LogP contribution >= 0.6 is 12.4 Å². The van der Waals surface area contributed by atoms with Crippen LogP contribution in [0.3, 0.4) is 0 Å². The lowest BCUT2D eigenvalue weighted by molar-refractivity contribution is -0.132. The number of hydrogen-bond donors (Lipinski definition) is 2. The van der Waals surface area contributed by atoms with E-state index in [1.54, 1.807) is 0 Å². The van der Waals surface area contributed by atoms with E-state index >= 15 is 0 Å². The second kappa shape index (κ2) is 10.1. The Morgan fingerprint density at radius 2 is 2.15 bits per heavy atom. The monoisotopic (exact) mass is 384 g/mol. The number of nitrogens with one attached hydrogen (secondary N) is 1.